The van der Waals surface area contributed by atoms with Gasteiger partial charge in [0.2, 0.25) is 0 Å². The molecule has 0 N–H and O–H groups in total. The van der Waals surface area contributed by atoms with Crippen LogP contribution in [0.25, 0.3) is 0 Å². The van der Waals surface area contributed by atoms with Crippen LogP contribution in [0.3, 0.4) is 0 Å². The molecule has 5 nitrogen and oxygen atoms in total. The summed E-state index contributed by atoms with van der Waals surface area (Å²) in [5.41, 5.74) is 1.62. The van der Waals surface area contributed by atoms with E-state index in [9.17, 15) is 9.59 Å². The van der Waals surface area contributed by atoms with Gasteiger partial charge >= 0.3 is 12.1 Å². The molecule has 0 spiro atoms. The fraction of sp³-hybridized carbons (Fsp3) is 0.222. The molecule has 1 fully saturated rings. The molecule has 1 aliphatic heterocycles. The fourth-order valence-electron chi connectivity index (χ4n) is 2.53. The van der Waals surface area contributed by atoms with Crippen molar-refractivity contribution in [2.75, 3.05) is 13.2 Å². The summed E-state index contributed by atoms with van der Waals surface area (Å²) in [7, 11) is 0. The minimum atomic E-state index is -0.756. The van der Waals surface area contributed by atoms with Gasteiger partial charge in [-0.05, 0) is 11.1 Å². The second kappa shape index (κ2) is 6.96. The maximum Gasteiger partial charge on any atom is 0.411 e. The van der Waals surface area contributed by atoms with Gasteiger partial charge in [-0.2, -0.15) is 0 Å². The highest BCUT2D eigenvalue weighted by molar-refractivity contribution is 5.83. The zero-order chi connectivity index (χ0) is 16.1. The lowest BCUT2D eigenvalue weighted by Crippen LogP contribution is -2.46. The molecule has 1 saturated heterocycles. The number of carbonyl (C=O) groups is 2. The molecule has 0 radical (unpaired) electrons. The molecule has 3 rings (SSSR count). The summed E-state index contributed by atoms with van der Waals surface area (Å²) in [6.07, 6.45) is -0.514. The van der Waals surface area contributed by atoms with Crippen molar-refractivity contribution in [2.45, 2.75) is 12.6 Å². The summed E-state index contributed by atoms with van der Waals surface area (Å²) in [5, 5.41) is 0. The van der Waals surface area contributed by atoms with Crippen LogP contribution < -0.4 is 0 Å². The normalized spacial score (nSPS) is 17.5. The molecule has 1 atom stereocenters. The summed E-state index contributed by atoms with van der Waals surface area (Å²) < 4.78 is 10.4. The summed E-state index contributed by atoms with van der Waals surface area (Å²) in [4.78, 5) is 25.9. The first-order valence-electron chi connectivity index (χ1n) is 7.44. The van der Waals surface area contributed by atoms with Crippen molar-refractivity contribution >= 4 is 12.1 Å². The Balaban J connectivity index is 1.73. The first-order valence-corrected chi connectivity index (χ1v) is 7.44. The van der Waals surface area contributed by atoms with Gasteiger partial charge < -0.3 is 9.47 Å². The van der Waals surface area contributed by atoms with Crippen molar-refractivity contribution in [3.8, 4) is 0 Å². The van der Waals surface area contributed by atoms with Crippen LogP contribution in [0.2, 0.25) is 0 Å². The second-order valence-corrected chi connectivity index (χ2v) is 5.21. The number of carbonyl (C=O) groups excluding carboxylic acids is 2. The molecule has 2 aromatic rings. The first-order chi connectivity index (χ1) is 11.3. The number of hydrogen-bond donors (Lipinski definition) is 0. The van der Waals surface area contributed by atoms with E-state index in [0.717, 1.165) is 5.56 Å². The highest BCUT2D eigenvalue weighted by Gasteiger charge is 2.36. The second-order valence-electron chi connectivity index (χ2n) is 5.21. The van der Waals surface area contributed by atoms with Crippen molar-refractivity contribution in [3.05, 3.63) is 71.8 Å². The van der Waals surface area contributed by atoms with E-state index in [0.29, 0.717) is 12.1 Å². The Morgan fingerprint density at radius 2 is 1.74 bits per heavy atom. The molecular formula is C18H17NO4. The standard InChI is InChI=1S/C18H17NO4/c20-17-16(15-9-5-2-6-10-15)19(11-12-22-17)18(21)23-13-14-7-3-1-4-8-14/h1-10,16H,11-13H2. The van der Waals surface area contributed by atoms with Crippen LogP contribution >= 0.6 is 0 Å². The Hall–Kier alpha value is -2.82. The molecule has 1 heterocycles. The first kappa shape index (κ1) is 15.1. The van der Waals surface area contributed by atoms with Crippen molar-refractivity contribution in [1.82, 2.24) is 4.90 Å². The number of amides is 1. The summed E-state index contributed by atoms with van der Waals surface area (Å²) in [6.45, 7) is 0.675. The third-order valence-corrected chi connectivity index (χ3v) is 3.67. The highest BCUT2D eigenvalue weighted by atomic mass is 16.6. The molecule has 0 aromatic heterocycles. The Labute approximate surface area is 134 Å². The van der Waals surface area contributed by atoms with Crippen LogP contribution in [0.4, 0.5) is 4.79 Å². The number of nitrogens with zero attached hydrogens (tertiary/aromatic N) is 1. The van der Waals surface area contributed by atoms with Gasteiger partial charge in [-0.25, -0.2) is 9.59 Å². The van der Waals surface area contributed by atoms with E-state index in [1.807, 2.05) is 48.5 Å². The molecule has 0 aliphatic carbocycles. The molecule has 5 heteroatoms. The predicted octanol–water partition coefficient (Wildman–Crippen LogP) is 2.92. The van der Waals surface area contributed by atoms with E-state index in [1.165, 1.54) is 4.90 Å². The van der Waals surface area contributed by atoms with E-state index in [-0.39, 0.29) is 13.2 Å². The topological polar surface area (TPSA) is 55.8 Å². The number of rotatable bonds is 3. The van der Waals surface area contributed by atoms with Gasteiger partial charge in [0.25, 0.3) is 0 Å². The monoisotopic (exact) mass is 311 g/mol. The van der Waals surface area contributed by atoms with Crippen molar-refractivity contribution in [1.29, 1.82) is 0 Å². The van der Waals surface area contributed by atoms with E-state index in [4.69, 9.17) is 9.47 Å². The van der Waals surface area contributed by atoms with E-state index < -0.39 is 18.1 Å². The number of ether oxygens (including phenoxy) is 2. The van der Waals surface area contributed by atoms with Crippen molar-refractivity contribution < 1.29 is 19.1 Å². The Morgan fingerprint density at radius 3 is 2.43 bits per heavy atom. The van der Waals surface area contributed by atoms with Gasteiger partial charge in [0, 0.05) is 0 Å². The minimum Gasteiger partial charge on any atom is -0.462 e. The number of esters is 1. The lowest BCUT2D eigenvalue weighted by Gasteiger charge is -2.33. The quantitative estimate of drug-likeness (QED) is 0.818. The third-order valence-electron chi connectivity index (χ3n) is 3.67. The fourth-order valence-corrected chi connectivity index (χ4v) is 2.53. The van der Waals surface area contributed by atoms with Crippen LogP contribution in [-0.4, -0.2) is 30.1 Å². The maximum absolute atomic E-state index is 12.4. The number of cyclic esters (lactones) is 1. The molecule has 23 heavy (non-hydrogen) atoms. The van der Waals surface area contributed by atoms with E-state index >= 15 is 0 Å². The molecule has 2 aromatic carbocycles. The molecule has 1 aliphatic rings. The molecule has 0 saturated carbocycles. The molecule has 1 unspecified atom stereocenters. The van der Waals surface area contributed by atoms with Crippen molar-refractivity contribution in [3.63, 3.8) is 0 Å². The van der Waals surface area contributed by atoms with Gasteiger partial charge in [-0.3, -0.25) is 4.90 Å². The van der Waals surface area contributed by atoms with Crippen LogP contribution in [0.15, 0.2) is 60.7 Å². The lowest BCUT2D eigenvalue weighted by molar-refractivity contribution is -0.156. The Kier molecular flexibility index (Phi) is 4.57. The van der Waals surface area contributed by atoms with Crippen LogP contribution in [-0.2, 0) is 20.9 Å². The smallest absolute Gasteiger partial charge is 0.411 e. The maximum atomic E-state index is 12.4. The Bertz CT molecular complexity index is 672. The molecule has 0 bridgehead atoms. The molecule has 118 valence electrons. The third kappa shape index (κ3) is 3.51. The summed E-state index contributed by atoms with van der Waals surface area (Å²) in [6, 6.07) is 17.8. The van der Waals surface area contributed by atoms with Crippen LogP contribution in [0, 0.1) is 0 Å². The average molecular weight is 311 g/mol. The van der Waals surface area contributed by atoms with Gasteiger partial charge in [-0.1, -0.05) is 60.7 Å². The van der Waals surface area contributed by atoms with E-state index in [1.54, 1.807) is 12.1 Å². The zero-order valence-corrected chi connectivity index (χ0v) is 12.6. The summed E-state index contributed by atoms with van der Waals surface area (Å²) >= 11 is 0. The molecule has 1 amide bonds. The lowest BCUT2D eigenvalue weighted by atomic mass is 10.0. The average Bonchev–Trinajstić information content (AvgIpc) is 2.61. The predicted molar refractivity (Wildman–Crippen MR) is 83.5 cm³/mol. The summed E-state index contributed by atoms with van der Waals surface area (Å²) in [5.74, 6) is -0.431. The zero-order valence-electron chi connectivity index (χ0n) is 12.6. The Morgan fingerprint density at radius 1 is 1.09 bits per heavy atom. The highest BCUT2D eigenvalue weighted by Crippen LogP contribution is 2.26. The van der Waals surface area contributed by atoms with Gasteiger partial charge in [0.15, 0.2) is 6.04 Å². The SMILES string of the molecule is O=C1OCCN(C(=O)OCc2ccccc2)C1c1ccccc1. The number of morpholine rings is 1. The van der Waals surface area contributed by atoms with Crippen LogP contribution in [0.1, 0.15) is 17.2 Å². The van der Waals surface area contributed by atoms with E-state index in [2.05, 4.69) is 0 Å². The van der Waals surface area contributed by atoms with Crippen LogP contribution in [0.5, 0.6) is 0 Å². The van der Waals surface area contributed by atoms with Gasteiger partial charge in [0.05, 0.1) is 6.54 Å². The number of benzene rings is 2. The molecular weight excluding hydrogens is 294 g/mol. The van der Waals surface area contributed by atoms with Crippen molar-refractivity contribution in [2.24, 2.45) is 0 Å². The van der Waals surface area contributed by atoms with Gasteiger partial charge in [0.1, 0.15) is 13.2 Å². The minimum absolute atomic E-state index is 0.173. The number of hydrogen-bond acceptors (Lipinski definition) is 4. The van der Waals surface area contributed by atoms with Gasteiger partial charge in [-0.15, -0.1) is 0 Å². The largest absolute Gasteiger partial charge is 0.462 e.